The van der Waals surface area contributed by atoms with E-state index in [0.29, 0.717) is 0 Å². The Balaban J connectivity index is 1.38. The van der Waals surface area contributed by atoms with Gasteiger partial charge in [-0.15, -0.1) is 0 Å². The third-order valence-corrected chi connectivity index (χ3v) is 7.96. The quantitative estimate of drug-likeness (QED) is 0.252. The van der Waals surface area contributed by atoms with Crippen LogP contribution >= 0.6 is 0 Å². The number of nitrogens with one attached hydrogen (secondary N) is 1. The van der Waals surface area contributed by atoms with Crippen LogP contribution in [0.25, 0.3) is 21.9 Å². The third-order valence-electron chi connectivity index (χ3n) is 7.96. The molecule has 0 aliphatic heterocycles. The molecule has 1 aliphatic carbocycles. The summed E-state index contributed by atoms with van der Waals surface area (Å²) in [6.45, 7) is 4.71. The van der Waals surface area contributed by atoms with Crippen molar-refractivity contribution in [3.63, 3.8) is 0 Å². The Bertz CT molecular complexity index is 1760. The first-order chi connectivity index (χ1) is 19.1. The van der Waals surface area contributed by atoms with Gasteiger partial charge in [-0.3, -0.25) is 0 Å². The Morgan fingerprint density at radius 1 is 0.564 bits per heavy atom. The van der Waals surface area contributed by atoms with Gasteiger partial charge in [0.1, 0.15) is 0 Å². The number of para-hydroxylation sites is 2. The largest absolute Gasteiger partial charge is 0.355 e. The number of rotatable bonds is 5. The highest BCUT2D eigenvalue weighted by Gasteiger charge is 2.38. The zero-order valence-corrected chi connectivity index (χ0v) is 22.2. The molecule has 6 aromatic rings. The standard InChI is InChI=1S/C37H30N2/c1-37(2)33-23-12-11-22-32(33)35-34(24-26-14-9-10-21-31(26)36(35)37)38-27-15-13-20-30(25-27)39(28-16-5-3-6-17-28)29-18-7-4-8-19-29/h3-25,38H,1-2H3. The Morgan fingerprint density at radius 3 is 1.92 bits per heavy atom. The number of hydrogen-bond donors (Lipinski definition) is 1. The lowest BCUT2D eigenvalue weighted by atomic mass is 9.80. The van der Waals surface area contributed by atoms with E-state index in [-0.39, 0.29) is 5.41 Å². The van der Waals surface area contributed by atoms with Gasteiger partial charge >= 0.3 is 0 Å². The monoisotopic (exact) mass is 502 g/mol. The molecule has 0 aromatic heterocycles. The van der Waals surface area contributed by atoms with Crippen molar-refractivity contribution in [1.82, 2.24) is 0 Å². The van der Waals surface area contributed by atoms with Gasteiger partial charge in [-0.25, -0.2) is 0 Å². The van der Waals surface area contributed by atoms with Crippen LogP contribution in [0.4, 0.5) is 28.4 Å². The molecule has 0 heterocycles. The lowest BCUT2D eigenvalue weighted by Crippen LogP contribution is -2.15. The van der Waals surface area contributed by atoms with E-state index in [1.807, 2.05) is 0 Å². The van der Waals surface area contributed by atoms with Crippen LogP contribution in [0, 0.1) is 0 Å². The van der Waals surface area contributed by atoms with Crippen LogP contribution in [-0.2, 0) is 5.41 Å². The summed E-state index contributed by atoms with van der Waals surface area (Å²) >= 11 is 0. The van der Waals surface area contributed by atoms with Crippen LogP contribution in [0.1, 0.15) is 25.0 Å². The maximum atomic E-state index is 3.85. The summed E-state index contributed by atoms with van der Waals surface area (Å²) in [5.41, 5.74) is 10.9. The molecule has 1 N–H and O–H groups in total. The molecule has 0 saturated heterocycles. The molecule has 0 unspecified atom stereocenters. The van der Waals surface area contributed by atoms with Gasteiger partial charge in [0.25, 0.3) is 0 Å². The van der Waals surface area contributed by atoms with Crippen molar-refractivity contribution in [3.8, 4) is 11.1 Å². The smallest absolute Gasteiger partial charge is 0.0482 e. The van der Waals surface area contributed by atoms with Gasteiger partial charge in [0, 0.05) is 39.4 Å². The van der Waals surface area contributed by atoms with Crippen molar-refractivity contribution in [2.75, 3.05) is 10.2 Å². The van der Waals surface area contributed by atoms with E-state index in [4.69, 9.17) is 0 Å². The van der Waals surface area contributed by atoms with E-state index in [1.54, 1.807) is 0 Å². The molecule has 2 nitrogen and oxygen atoms in total. The fraction of sp³-hybridized carbons (Fsp3) is 0.0811. The summed E-state index contributed by atoms with van der Waals surface area (Å²) in [6.07, 6.45) is 0. The molecule has 6 aromatic carbocycles. The normalized spacial score (nSPS) is 13.1. The van der Waals surface area contributed by atoms with Crippen molar-refractivity contribution >= 4 is 39.2 Å². The summed E-state index contributed by atoms with van der Waals surface area (Å²) in [7, 11) is 0. The topological polar surface area (TPSA) is 15.3 Å². The van der Waals surface area contributed by atoms with Crippen molar-refractivity contribution in [1.29, 1.82) is 0 Å². The van der Waals surface area contributed by atoms with Crippen molar-refractivity contribution in [2.24, 2.45) is 0 Å². The zero-order chi connectivity index (χ0) is 26.4. The Hall–Kier alpha value is -4.82. The number of nitrogens with zero attached hydrogens (tertiary/aromatic N) is 1. The van der Waals surface area contributed by atoms with E-state index >= 15 is 0 Å². The summed E-state index contributed by atoms with van der Waals surface area (Å²) < 4.78 is 0. The average Bonchev–Trinajstić information content (AvgIpc) is 3.22. The van der Waals surface area contributed by atoms with Crippen LogP contribution in [0.2, 0.25) is 0 Å². The first-order valence-electron chi connectivity index (χ1n) is 13.5. The fourth-order valence-electron chi connectivity index (χ4n) is 6.24. The molecule has 0 saturated carbocycles. The van der Waals surface area contributed by atoms with Gasteiger partial charge < -0.3 is 10.2 Å². The molecule has 0 atom stereocenters. The highest BCUT2D eigenvalue weighted by Crippen LogP contribution is 2.54. The van der Waals surface area contributed by atoms with Crippen LogP contribution in [0.15, 0.2) is 140 Å². The second-order valence-electron chi connectivity index (χ2n) is 10.7. The molecule has 0 radical (unpaired) electrons. The minimum Gasteiger partial charge on any atom is -0.355 e. The van der Waals surface area contributed by atoms with E-state index < -0.39 is 0 Å². The SMILES string of the molecule is CC1(C)c2ccccc2-c2c(Nc3cccc(N(c4ccccc4)c4ccccc4)c3)cc3ccccc3c21. The maximum Gasteiger partial charge on any atom is 0.0482 e. The summed E-state index contributed by atoms with van der Waals surface area (Å²) in [6, 6.07) is 49.8. The van der Waals surface area contributed by atoms with Crippen molar-refractivity contribution in [2.45, 2.75) is 19.3 Å². The minimum absolute atomic E-state index is 0.0809. The Morgan fingerprint density at radius 2 is 1.18 bits per heavy atom. The third kappa shape index (κ3) is 3.88. The van der Waals surface area contributed by atoms with Crippen LogP contribution in [-0.4, -0.2) is 0 Å². The molecule has 7 rings (SSSR count). The number of anilines is 5. The van der Waals surface area contributed by atoms with E-state index in [1.165, 1.54) is 33.0 Å². The summed E-state index contributed by atoms with van der Waals surface area (Å²) in [5.74, 6) is 0. The minimum atomic E-state index is -0.0809. The summed E-state index contributed by atoms with van der Waals surface area (Å²) in [4.78, 5) is 2.30. The van der Waals surface area contributed by atoms with Gasteiger partial charge in [0.15, 0.2) is 0 Å². The molecule has 0 fully saturated rings. The highest BCUT2D eigenvalue weighted by molar-refractivity contribution is 6.04. The molecular weight excluding hydrogens is 472 g/mol. The first-order valence-corrected chi connectivity index (χ1v) is 13.5. The lowest BCUT2D eigenvalue weighted by Gasteiger charge is -2.26. The second-order valence-corrected chi connectivity index (χ2v) is 10.7. The predicted molar refractivity (Wildman–Crippen MR) is 166 cm³/mol. The molecule has 188 valence electrons. The molecule has 0 amide bonds. The first kappa shape index (κ1) is 23.3. The van der Waals surface area contributed by atoms with Crippen LogP contribution in [0.3, 0.4) is 0 Å². The zero-order valence-electron chi connectivity index (χ0n) is 22.2. The number of hydrogen-bond acceptors (Lipinski definition) is 2. The highest BCUT2D eigenvalue weighted by atomic mass is 15.1. The average molecular weight is 503 g/mol. The van der Waals surface area contributed by atoms with Gasteiger partial charge in [0.2, 0.25) is 0 Å². The van der Waals surface area contributed by atoms with Crippen molar-refractivity contribution < 1.29 is 0 Å². The van der Waals surface area contributed by atoms with E-state index in [2.05, 4.69) is 164 Å². The molecular formula is C37H30N2. The van der Waals surface area contributed by atoms with Gasteiger partial charge in [0.05, 0.1) is 0 Å². The molecule has 1 aliphatic rings. The second kappa shape index (κ2) is 9.18. The Kier molecular flexibility index (Phi) is 5.49. The lowest BCUT2D eigenvalue weighted by molar-refractivity contribution is 0.666. The maximum absolute atomic E-state index is 3.85. The van der Waals surface area contributed by atoms with Gasteiger partial charge in [-0.05, 0) is 76.0 Å². The molecule has 2 heteroatoms. The number of benzene rings is 6. The fourth-order valence-corrected chi connectivity index (χ4v) is 6.24. The van der Waals surface area contributed by atoms with Gasteiger partial charge in [-0.2, -0.15) is 0 Å². The number of fused-ring (bicyclic) bond motifs is 5. The molecule has 39 heavy (non-hydrogen) atoms. The van der Waals surface area contributed by atoms with E-state index in [9.17, 15) is 0 Å². The van der Waals surface area contributed by atoms with E-state index in [0.717, 1.165) is 28.4 Å². The predicted octanol–water partition coefficient (Wildman–Crippen LogP) is 10.4. The van der Waals surface area contributed by atoms with Crippen molar-refractivity contribution in [3.05, 3.63) is 151 Å². The molecule has 0 spiro atoms. The molecule has 0 bridgehead atoms. The van der Waals surface area contributed by atoms with Crippen LogP contribution < -0.4 is 10.2 Å². The van der Waals surface area contributed by atoms with Gasteiger partial charge in [-0.1, -0.05) is 105 Å². The van der Waals surface area contributed by atoms with Crippen LogP contribution in [0.5, 0.6) is 0 Å². The summed E-state index contributed by atoms with van der Waals surface area (Å²) in [5, 5.41) is 6.43. The Labute approximate surface area is 230 Å².